The van der Waals surface area contributed by atoms with E-state index in [9.17, 15) is 4.79 Å². The standard InChI is InChI=1S/C9H13ClO2/c1-5(11)12-9-6-2-3-7(9)8(10)4-6/h6-9H,2-4H2,1H3/t6-,7+,8+,9-/m0/s1. The van der Waals surface area contributed by atoms with Gasteiger partial charge in [-0.15, -0.1) is 11.6 Å². The molecule has 2 aliphatic carbocycles. The molecule has 2 aliphatic rings. The maximum atomic E-state index is 10.8. The summed E-state index contributed by atoms with van der Waals surface area (Å²) in [7, 11) is 0. The van der Waals surface area contributed by atoms with Gasteiger partial charge >= 0.3 is 5.97 Å². The minimum Gasteiger partial charge on any atom is -0.462 e. The summed E-state index contributed by atoms with van der Waals surface area (Å²) in [5.41, 5.74) is 0. The third-order valence-corrected chi connectivity index (χ3v) is 3.55. The van der Waals surface area contributed by atoms with Crippen LogP contribution in [-0.2, 0) is 9.53 Å². The Balaban J connectivity index is 2.03. The Bertz CT molecular complexity index is 205. The first-order chi connectivity index (χ1) is 5.68. The highest BCUT2D eigenvalue weighted by molar-refractivity contribution is 6.21. The van der Waals surface area contributed by atoms with Gasteiger partial charge in [-0.05, 0) is 25.2 Å². The van der Waals surface area contributed by atoms with Gasteiger partial charge in [-0.2, -0.15) is 0 Å². The Hall–Kier alpha value is -0.240. The van der Waals surface area contributed by atoms with Crippen LogP contribution in [0.15, 0.2) is 0 Å². The predicted octanol–water partition coefficient (Wildman–Crippen LogP) is 1.96. The van der Waals surface area contributed by atoms with Crippen LogP contribution >= 0.6 is 11.6 Å². The Morgan fingerprint density at radius 3 is 2.67 bits per heavy atom. The Morgan fingerprint density at radius 1 is 1.50 bits per heavy atom. The zero-order valence-electron chi connectivity index (χ0n) is 7.13. The molecule has 0 heterocycles. The number of halogens is 1. The maximum Gasteiger partial charge on any atom is 0.302 e. The van der Waals surface area contributed by atoms with Gasteiger partial charge in [-0.1, -0.05) is 0 Å². The second kappa shape index (κ2) is 2.91. The average molecular weight is 189 g/mol. The molecule has 2 nitrogen and oxygen atoms in total. The summed E-state index contributed by atoms with van der Waals surface area (Å²) < 4.78 is 5.25. The van der Waals surface area contributed by atoms with Gasteiger partial charge in [0.1, 0.15) is 6.10 Å². The van der Waals surface area contributed by atoms with Crippen LogP contribution in [0.25, 0.3) is 0 Å². The van der Waals surface area contributed by atoms with Crippen molar-refractivity contribution in [3.63, 3.8) is 0 Å². The van der Waals surface area contributed by atoms with E-state index in [1.165, 1.54) is 13.3 Å². The fourth-order valence-corrected chi connectivity index (χ4v) is 3.06. The van der Waals surface area contributed by atoms with Gasteiger partial charge in [0.15, 0.2) is 0 Å². The van der Waals surface area contributed by atoms with Crippen molar-refractivity contribution >= 4 is 17.6 Å². The van der Waals surface area contributed by atoms with E-state index in [0.717, 1.165) is 12.8 Å². The number of ether oxygens (including phenoxy) is 1. The largest absolute Gasteiger partial charge is 0.462 e. The number of alkyl halides is 1. The summed E-state index contributed by atoms with van der Waals surface area (Å²) in [5, 5.41) is 0.244. The molecule has 2 rings (SSSR count). The summed E-state index contributed by atoms with van der Waals surface area (Å²) in [6.45, 7) is 1.47. The second-order valence-electron chi connectivity index (χ2n) is 3.83. The zero-order valence-corrected chi connectivity index (χ0v) is 7.88. The Morgan fingerprint density at radius 2 is 2.25 bits per heavy atom. The van der Waals surface area contributed by atoms with Crippen LogP contribution in [0.3, 0.4) is 0 Å². The van der Waals surface area contributed by atoms with Crippen molar-refractivity contribution in [1.82, 2.24) is 0 Å². The topological polar surface area (TPSA) is 26.3 Å². The van der Waals surface area contributed by atoms with Crippen LogP contribution in [0, 0.1) is 11.8 Å². The lowest BCUT2D eigenvalue weighted by molar-refractivity contribution is -0.148. The first-order valence-electron chi connectivity index (χ1n) is 4.50. The molecule has 12 heavy (non-hydrogen) atoms. The number of hydrogen-bond acceptors (Lipinski definition) is 2. The van der Waals surface area contributed by atoms with Crippen molar-refractivity contribution in [3.05, 3.63) is 0 Å². The molecule has 0 aromatic carbocycles. The molecule has 0 amide bonds. The quantitative estimate of drug-likeness (QED) is 0.465. The van der Waals surface area contributed by atoms with Crippen LogP contribution in [0.4, 0.5) is 0 Å². The van der Waals surface area contributed by atoms with Crippen molar-refractivity contribution in [1.29, 1.82) is 0 Å². The number of hydrogen-bond donors (Lipinski definition) is 0. The lowest BCUT2D eigenvalue weighted by atomic mass is 10.0. The first kappa shape index (κ1) is 8.36. The molecule has 0 unspecified atom stereocenters. The Kier molecular flexibility index (Phi) is 2.03. The van der Waals surface area contributed by atoms with E-state index in [2.05, 4.69) is 0 Å². The second-order valence-corrected chi connectivity index (χ2v) is 4.39. The number of rotatable bonds is 1. The number of fused-ring (bicyclic) bond motifs is 2. The van der Waals surface area contributed by atoms with E-state index in [4.69, 9.17) is 16.3 Å². The molecule has 0 aromatic rings. The minimum absolute atomic E-state index is 0.130. The Labute approximate surface area is 77.2 Å². The molecule has 2 fully saturated rings. The molecule has 2 bridgehead atoms. The maximum absolute atomic E-state index is 10.8. The average Bonchev–Trinajstić information content (AvgIpc) is 2.44. The normalized spacial score (nSPS) is 44.8. The van der Waals surface area contributed by atoms with Gasteiger partial charge in [-0.25, -0.2) is 0 Å². The molecule has 0 N–H and O–H groups in total. The van der Waals surface area contributed by atoms with Crippen molar-refractivity contribution in [2.24, 2.45) is 11.8 Å². The highest BCUT2D eigenvalue weighted by atomic mass is 35.5. The molecular formula is C9H13ClO2. The molecule has 0 radical (unpaired) electrons. The SMILES string of the molecule is CC(=O)O[C@H]1[C@H]2CC[C@@H]1[C@H](Cl)C2. The van der Waals surface area contributed by atoms with E-state index in [0.29, 0.717) is 11.8 Å². The molecule has 0 spiro atoms. The third-order valence-electron chi connectivity index (χ3n) is 3.05. The minimum atomic E-state index is -0.164. The summed E-state index contributed by atoms with van der Waals surface area (Å²) in [4.78, 5) is 10.8. The molecule has 68 valence electrons. The fourth-order valence-electron chi connectivity index (χ4n) is 2.56. The van der Waals surface area contributed by atoms with Gasteiger partial charge in [0.25, 0.3) is 0 Å². The summed E-state index contributed by atoms with van der Waals surface area (Å²) in [5.74, 6) is 0.810. The number of esters is 1. The van der Waals surface area contributed by atoms with Crippen LogP contribution in [-0.4, -0.2) is 17.5 Å². The number of carbonyl (C=O) groups excluding carboxylic acids is 1. The summed E-state index contributed by atoms with van der Waals surface area (Å²) in [6, 6.07) is 0. The lowest BCUT2D eigenvalue weighted by Crippen LogP contribution is -2.22. The van der Waals surface area contributed by atoms with Crippen molar-refractivity contribution in [2.75, 3.05) is 0 Å². The van der Waals surface area contributed by atoms with E-state index in [1.807, 2.05) is 0 Å². The van der Waals surface area contributed by atoms with Crippen molar-refractivity contribution in [2.45, 2.75) is 37.7 Å². The zero-order chi connectivity index (χ0) is 8.72. The van der Waals surface area contributed by atoms with E-state index in [-0.39, 0.29) is 17.5 Å². The van der Waals surface area contributed by atoms with Crippen LogP contribution in [0.5, 0.6) is 0 Å². The molecule has 0 saturated heterocycles. The van der Waals surface area contributed by atoms with Crippen molar-refractivity contribution < 1.29 is 9.53 Å². The highest BCUT2D eigenvalue weighted by Gasteiger charge is 2.49. The van der Waals surface area contributed by atoms with Crippen LogP contribution < -0.4 is 0 Å². The molecule has 0 aromatic heterocycles. The van der Waals surface area contributed by atoms with Crippen LogP contribution in [0.2, 0.25) is 0 Å². The molecule has 0 aliphatic heterocycles. The third kappa shape index (κ3) is 1.22. The smallest absolute Gasteiger partial charge is 0.302 e. The molecule has 4 atom stereocenters. The van der Waals surface area contributed by atoms with Gasteiger partial charge < -0.3 is 4.74 Å². The van der Waals surface area contributed by atoms with Gasteiger partial charge in [0.2, 0.25) is 0 Å². The van der Waals surface area contributed by atoms with Gasteiger partial charge in [0, 0.05) is 18.2 Å². The fraction of sp³-hybridized carbons (Fsp3) is 0.889. The van der Waals surface area contributed by atoms with Crippen LogP contribution in [0.1, 0.15) is 26.2 Å². The first-order valence-corrected chi connectivity index (χ1v) is 4.93. The van der Waals surface area contributed by atoms with Crippen molar-refractivity contribution in [3.8, 4) is 0 Å². The lowest BCUT2D eigenvalue weighted by Gasteiger charge is -2.16. The monoisotopic (exact) mass is 188 g/mol. The number of carbonyl (C=O) groups is 1. The molecular weight excluding hydrogens is 176 g/mol. The van der Waals surface area contributed by atoms with Gasteiger partial charge in [-0.3, -0.25) is 4.79 Å². The summed E-state index contributed by atoms with van der Waals surface area (Å²) in [6.07, 6.45) is 3.48. The summed E-state index contributed by atoms with van der Waals surface area (Å²) >= 11 is 6.10. The van der Waals surface area contributed by atoms with E-state index < -0.39 is 0 Å². The van der Waals surface area contributed by atoms with E-state index in [1.54, 1.807) is 0 Å². The van der Waals surface area contributed by atoms with Gasteiger partial charge in [0.05, 0.1) is 0 Å². The predicted molar refractivity (Wildman–Crippen MR) is 46.0 cm³/mol. The van der Waals surface area contributed by atoms with E-state index >= 15 is 0 Å². The highest BCUT2D eigenvalue weighted by Crippen LogP contribution is 2.48. The molecule has 2 saturated carbocycles. The molecule has 3 heteroatoms.